The lowest BCUT2D eigenvalue weighted by Gasteiger charge is -2.34. The van der Waals surface area contributed by atoms with Gasteiger partial charge in [0.2, 0.25) is 5.91 Å². The fourth-order valence-electron chi connectivity index (χ4n) is 3.05. The van der Waals surface area contributed by atoms with Crippen LogP contribution in [-0.2, 0) is 9.53 Å². The summed E-state index contributed by atoms with van der Waals surface area (Å²) in [6.07, 6.45) is -1.31. The molecule has 0 bridgehead atoms. The van der Waals surface area contributed by atoms with Crippen LogP contribution in [0.25, 0.3) is 16.9 Å². The van der Waals surface area contributed by atoms with Crippen LogP contribution in [0.1, 0.15) is 12.8 Å². The molecule has 3 heterocycles. The first-order valence-corrected chi connectivity index (χ1v) is 9.43. The monoisotopic (exact) mass is 406 g/mol. The normalized spacial score (nSPS) is 16.2. The van der Waals surface area contributed by atoms with Gasteiger partial charge in [0.15, 0.2) is 5.13 Å². The summed E-state index contributed by atoms with van der Waals surface area (Å²) in [5.41, 5.74) is 0.428. The molecule has 0 saturated carbocycles. The SMILES string of the molecule is O=C(Nc1nc(-c2cccc(-n3cnnn3)c2)cs1)C1(C(F)F)CCOCC1. The summed E-state index contributed by atoms with van der Waals surface area (Å²) in [7, 11) is 0. The van der Waals surface area contributed by atoms with Crippen molar-refractivity contribution in [1.29, 1.82) is 0 Å². The van der Waals surface area contributed by atoms with Crippen LogP contribution in [0.15, 0.2) is 36.0 Å². The lowest BCUT2D eigenvalue weighted by molar-refractivity contribution is -0.145. The molecule has 28 heavy (non-hydrogen) atoms. The number of thiazole rings is 1. The van der Waals surface area contributed by atoms with Crippen molar-refractivity contribution in [2.75, 3.05) is 18.5 Å². The van der Waals surface area contributed by atoms with Gasteiger partial charge in [0.1, 0.15) is 11.7 Å². The van der Waals surface area contributed by atoms with Gasteiger partial charge in [-0.05, 0) is 35.4 Å². The second-order valence-corrected chi connectivity index (χ2v) is 7.22. The molecule has 146 valence electrons. The number of benzene rings is 1. The molecule has 1 saturated heterocycles. The van der Waals surface area contributed by atoms with Gasteiger partial charge in [-0.15, -0.1) is 16.4 Å². The number of tetrazole rings is 1. The van der Waals surface area contributed by atoms with Gasteiger partial charge in [-0.1, -0.05) is 12.1 Å². The Kier molecular flexibility index (Phi) is 5.09. The summed E-state index contributed by atoms with van der Waals surface area (Å²) < 4.78 is 33.9. The van der Waals surface area contributed by atoms with Crippen LogP contribution in [0.2, 0.25) is 0 Å². The van der Waals surface area contributed by atoms with Crippen LogP contribution in [0.4, 0.5) is 13.9 Å². The zero-order valence-corrected chi connectivity index (χ0v) is 15.4. The van der Waals surface area contributed by atoms with Crippen molar-refractivity contribution in [1.82, 2.24) is 25.2 Å². The van der Waals surface area contributed by atoms with Gasteiger partial charge in [0.05, 0.1) is 11.4 Å². The van der Waals surface area contributed by atoms with Gasteiger partial charge in [-0.2, -0.15) is 0 Å². The van der Waals surface area contributed by atoms with E-state index < -0.39 is 17.7 Å². The number of anilines is 1. The van der Waals surface area contributed by atoms with Crippen LogP contribution in [0.5, 0.6) is 0 Å². The number of nitrogens with zero attached hydrogens (tertiary/aromatic N) is 5. The van der Waals surface area contributed by atoms with Crippen LogP contribution >= 0.6 is 11.3 Å². The average Bonchev–Trinajstić information content (AvgIpc) is 3.41. The molecule has 0 radical (unpaired) electrons. The number of hydrogen-bond acceptors (Lipinski definition) is 7. The zero-order chi connectivity index (χ0) is 19.6. The molecule has 1 aromatic carbocycles. The highest BCUT2D eigenvalue weighted by molar-refractivity contribution is 7.14. The maximum Gasteiger partial charge on any atom is 0.253 e. The predicted octanol–water partition coefficient (Wildman–Crippen LogP) is 2.79. The highest BCUT2D eigenvalue weighted by Crippen LogP contribution is 2.38. The number of hydrogen-bond donors (Lipinski definition) is 1. The summed E-state index contributed by atoms with van der Waals surface area (Å²) in [4.78, 5) is 17.0. The third kappa shape index (κ3) is 3.50. The largest absolute Gasteiger partial charge is 0.381 e. The third-order valence-electron chi connectivity index (χ3n) is 4.74. The number of aromatic nitrogens is 5. The highest BCUT2D eigenvalue weighted by Gasteiger charge is 2.48. The van der Waals surface area contributed by atoms with Crippen molar-refractivity contribution >= 4 is 22.4 Å². The van der Waals surface area contributed by atoms with Gasteiger partial charge in [0, 0.05) is 24.2 Å². The molecule has 0 unspecified atom stereocenters. The topological polar surface area (TPSA) is 94.8 Å². The van der Waals surface area contributed by atoms with Crippen molar-refractivity contribution in [2.24, 2.45) is 5.41 Å². The molecule has 1 fully saturated rings. The molecule has 11 heteroatoms. The summed E-state index contributed by atoms with van der Waals surface area (Å²) in [5.74, 6) is -0.714. The second-order valence-electron chi connectivity index (χ2n) is 6.37. The molecule has 2 aromatic heterocycles. The van der Waals surface area contributed by atoms with Crippen molar-refractivity contribution in [2.45, 2.75) is 19.3 Å². The molecular weight excluding hydrogens is 390 g/mol. The number of carbonyl (C=O) groups excluding carboxylic acids is 1. The Labute approximate surface area is 162 Å². The van der Waals surface area contributed by atoms with E-state index in [1.54, 1.807) is 5.38 Å². The quantitative estimate of drug-likeness (QED) is 0.700. The number of amides is 1. The molecule has 1 amide bonds. The summed E-state index contributed by atoms with van der Waals surface area (Å²) >= 11 is 1.18. The first-order valence-electron chi connectivity index (χ1n) is 8.55. The molecule has 1 aliphatic rings. The van der Waals surface area contributed by atoms with E-state index in [4.69, 9.17) is 4.74 Å². The van der Waals surface area contributed by atoms with Crippen molar-refractivity contribution in [3.63, 3.8) is 0 Å². The van der Waals surface area contributed by atoms with E-state index in [0.717, 1.165) is 11.3 Å². The summed E-state index contributed by atoms with van der Waals surface area (Å²) in [6, 6.07) is 7.37. The van der Waals surface area contributed by atoms with Crippen LogP contribution in [0.3, 0.4) is 0 Å². The Hall–Kier alpha value is -2.79. The van der Waals surface area contributed by atoms with Gasteiger partial charge < -0.3 is 10.1 Å². The molecular formula is C17H16F2N6O2S. The lowest BCUT2D eigenvalue weighted by Crippen LogP contribution is -2.46. The van der Waals surface area contributed by atoms with E-state index in [2.05, 4.69) is 25.8 Å². The maximum absolute atomic E-state index is 13.6. The van der Waals surface area contributed by atoms with E-state index in [1.165, 1.54) is 22.3 Å². The lowest BCUT2D eigenvalue weighted by atomic mass is 9.79. The minimum atomic E-state index is -2.76. The number of carbonyl (C=O) groups is 1. The van der Waals surface area contributed by atoms with Gasteiger partial charge >= 0.3 is 0 Å². The zero-order valence-electron chi connectivity index (χ0n) is 14.6. The minimum absolute atomic E-state index is 0.0112. The molecule has 0 aliphatic carbocycles. The molecule has 1 N–H and O–H groups in total. The van der Waals surface area contributed by atoms with Crippen LogP contribution < -0.4 is 5.32 Å². The highest BCUT2D eigenvalue weighted by atomic mass is 32.1. The van der Waals surface area contributed by atoms with Gasteiger partial charge in [-0.3, -0.25) is 4.79 Å². The molecule has 0 spiro atoms. The molecule has 8 nitrogen and oxygen atoms in total. The smallest absolute Gasteiger partial charge is 0.253 e. The Morgan fingerprint density at radius 1 is 1.32 bits per heavy atom. The molecule has 0 atom stereocenters. The van der Waals surface area contributed by atoms with E-state index >= 15 is 0 Å². The standard InChI is InChI=1S/C17H16F2N6O2S/c18-14(19)17(4-6-27-7-5-17)15(26)22-16-21-13(9-28-16)11-2-1-3-12(8-11)25-10-20-23-24-25/h1-3,8-10,14H,4-7H2,(H,21,22,26). The maximum atomic E-state index is 13.6. The number of rotatable bonds is 5. The molecule has 3 aromatic rings. The van der Waals surface area contributed by atoms with E-state index in [9.17, 15) is 13.6 Å². The minimum Gasteiger partial charge on any atom is -0.381 e. The Morgan fingerprint density at radius 2 is 2.14 bits per heavy atom. The average molecular weight is 406 g/mol. The summed E-state index contributed by atoms with van der Waals surface area (Å²) in [5, 5.41) is 15.6. The summed E-state index contributed by atoms with van der Waals surface area (Å²) in [6.45, 7) is 0.287. The van der Waals surface area contributed by atoms with E-state index in [1.807, 2.05) is 24.3 Å². The number of halogens is 2. The van der Waals surface area contributed by atoms with E-state index in [0.29, 0.717) is 5.69 Å². The van der Waals surface area contributed by atoms with E-state index in [-0.39, 0.29) is 31.2 Å². The van der Waals surface area contributed by atoms with Crippen molar-refractivity contribution in [3.05, 3.63) is 36.0 Å². The second kappa shape index (κ2) is 7.68. The number of alkyl halides is 2. The first kappa shape index (κ1) is 18.6. The van der Waals surface area contributed by atoms with Gasteiger partial charge in [0.25, 0.3) is 6.43 Å². The van der Waals surface area contributed by atoms with Crippen molar-refractivity contribution < 1.29 is 18.3 Å². The molecule has 1 aliphatic heterocycles. The van der Waals surface area contributed by atoms with Crippen LogP contribution in [-0.4, -0.2) is 50.7 Å². The molecule has 4 rings (SSSR count). The fourth-order valence-corrected chi connectivity index (χ4v) is 3.77. The number of nitrogens with one attached hydrogen (secondary N) is 1. The van der Waals surface area contributed by atoms with Gasteiger partial charge in [-0.25, -0.2) is 18.4 Å². The van der Waals surface area contributed by atoms with Crippen molar-refractivity contribution in [3.8, 4) is 16.9 Å². The Bertz CT molecular complexity index is 956. The fraction of sp³-hybridized carbons (Fsp3) is 0.353. The Morgan fingerprint density at radius 3 is 2.86 bits per heavy atom. The number of ether oxygens (including phenoxy) is 1. The first-order chi connectivity index (χ1) is 13.6. The van der Waals surface area contributed by atoms with Crippen LogP contribution in [0, 0.1) is 5.41 Å². The predicted molar refractivity (Wildman–Crippen MR) is 97.4 cm³/mol. The third-order valence-corrected chi connectivity index (χ3v) is 5.49. The Balaban J connectivity index is 1.53.